The van der Waals surface area contributed by atoms with Crippen LogP contribution in [0.2, 0.25) is 0 Å². The fourth-order valence-electron chi connectivity index (χ4n) is 2.36. The van der Waals surface area contributed by atoms with Gasteiger partial charge in [0, 0.05) is 12.7 Å². The SMILES string of the molecule is CCc1cc(Cn2cnc3ccc(N)cc3c2=O)n(C)n1. The van der Waals surface area contributed by atoms with E-state index in [0.29, 0.717) is 23.1 Å². The normalized spacial score (nSPS) is 11.1. The van der Waals surface area contributed by atoms with Gasteiger partial charge in [0.1, 0.15) is 0 Å². The van der Waals surface area contributed by atoms with E-state index in [2.05, 4.69) is 17.0 Å². The number of benzene rings is 1. The van der Waals surface area contributed by atoms with Crippen molar-refractivity contribution in [3.63, 3.8) is 0 Å². The predicted molar refractivity (Wildman–Crippen MR) is 82.1 cm³/mol. The second-order valence-electron chi connectivity index (χ2n) is 5.06. The van der Waals surface area contributed by atoms with Crippen LogP contribution in [-0.2, 0) is 20.0 Å². The van der Waals surface area contributed by atoms with E-state index in [4.69, 9.17) is 5.73 Å². The van der Waals surface area contributed by atoms with E-state index in [1.54, 1.807) is 33.8 Å². The number of nitrogens with two attached hydrogens (primary N) is 1. The zero-order valence-electron chi connectivity index (χ0n) is 12.1. The molecule has 0 atom stereocenters. The molecule has 0 aliphatic heterocycles. The van der Waals surface area contributed by atoms with E-state index >= 15 is 0 Å². The minimum absolute atomic E-state index is 0.0912. The van der Waals surface area contributed by atoms with Crippen LogP contribution in [0.3, 0.4) is 0 Å². The Morgan fingerprint density at radius 2 is 2.10 bits per heavy atom. The Morgan fingerprint density at radius 3 is 2.81 bits per heavy atom. The van der Waals surface area contributed by atoms with Crippen LogP contribution in [0, 0.1) is 0 Å². The van der Waals surface area contributed by atoms with Crippen molar-refractivity contribution in [2.75, 3.05) is 5.73 Å². The van der Waals surface area contributed by atoms with Gasteiger partial charge < -0.3 is 5.73 Å². The van der Waals surface area contributed by atoms with Crippen LogP contribution in [0.25, 0.3) is 10.9 Å². The number of rotatable bonds is 3. The van der Waals surface area contributed by atoms with Crippen molar-refractivity contribution in [3.05, 3.63) is 52.3 Å². The second kappa shape index (κ2) is 5.05. The van der Waals surface area contributed by atoms with Gasteiger partial charge in [0.15, 0.2) is 0 Å². The van der Waals surface area contributed by atoms with Crippen molar-refractivity contribution in [3.8, 4) is 0 Å². The van der Waals surface area contributed by atoms with Crippen LogP contribution < -0.4 is 11.3 Å². The molecule has 0 aliphatic rings. The maximum absolute atomic E-state index is 12.5. The molecule has 0 aliphatic carbocycles. The number of hydrogen-bond donors (Lipinski definition) is 1. The number of aromatic nitrogens is 4. The van der Waals surface area contributed by atoms with Crippen molar-refractivity contribution in [1.82, 2.24) is 19.3 Å². The van der Waals surface area contributed by atoms with Crippen LogP contribution in [0.15, 0.2) is 35.4 Å². The molecule has 3 aromatic rings. The Morgan fingerprint density at radius 1 is 1.29 bits per heavy atom. The van der Waals surface area contributed by atoms with Crippen LogP contribution in [0.4, 0.5) is 5.69 Å². The molecule has 3 rings (SSSR count). The number of anilines is 1. The third-order valence-electron chi connectivity index (χ3n) is 3.57. The Hall–Kier alpha value is -2.63. The van der Waals surface area contributed by atoms with Crippen molar-refractivity contribution in [2.24, 2.45) is 7.05 Å². The molecule has 2 N–H and O–H groups in total. The molecule has 0 bridgehead atoms. The van der Waals surface area contributed by atoms with Crippen LogP contribution in [0.5, 0.6) is 0 Å². The third-order valence-corrected chi connectivity index (χ3v) is 3.57. The standard InChI is InChI=1S/C15H17N5O/c1-3-11-7-12(19(2)18-11)8-20-9-17-14-5-4-10(16)6-13(14)15(20)21/h4-7,9H,3,8,16H2,1-2H3. The zero-order chi connectivity index (χ0) is 15.0. The lowest BCUT2D eigenvalue weighted by Gasteiger charge is -2.07. The Labute approximate surface area is 121 Å². The minimum Gasteiger partial charge on any atom is -0.399 e. The quantitative estimate of drug-likeness (QED) is 0.735. The van der Waals surface area contributed by atoms with Gasteiger partial charge in [-0.3, -0.25) is 14.0 Å². The lowest BCUT2D eigenvalue weighted by atomic mass is 10.2. The molecule has 0 fully saturated rings. The summed E-state index contributed by atoms with van der Waals surface area (Å²) in [6.45, 7) is 2.50. The van der Waals surface area contributed by atoms with E-state index in [0.717, 1.165) is 17.8 Å². The highest BCUT2D eigenvalue weighted by Crippen LogP contribution is 2.12. The van der Waals surface area contributed by atoms with Gasteiger partial charge in [-0.05, 0) is 30.7 Å². The Bertz CT molecular complexity index is 862. The lowest BCUT2D eigenvalue weighted by molar-refractivity contribution is 0.646. The molecule has 6 heteroatoms. The van der Waals surface area contributed by atoms with E-state index in [9.17, 15) is 4.79 Å². The average Bonchev–Trinajstić information content (AvgIpc) is 2.83. The molecule has 108 valence electrons. The molecule has 0 amide bonds. The third kappa shape index (κ3) is 2.40. The summed E-state index contributed by atoms with van der Waals surface area (Å²) < 4.78 is 3.38. The van der Waals surface area contributed by atoms with E-state index in [1.807, 2.05) is 13.1 Å². The summed E-state index contributed by atoms with van der Waals surface area (Å²) in [4.78, 5) is 16.8. The number of fused-ring (bicyclic) bond motifs is 1. The van der Waals surface area contributed by atoms with Crippen molar-refractivity contribution >= 4 is 16.6 Å². The molecule has 0 unspecified atom stereocenters. The van der Waals surface area contributed by atoms with Crippen LogP contribution >= 0.6 is 0 Å². The van der Waals surface area contributed by atoms with E-state index < -0.39 is 0 Å². The molecular weight excluding hydrogens is 266 g/mol. The van der Waals surface area contributed by atoms with Gasteiger partial charge in [-0.25, -0.2) is 4.98 Å². The van der Waals surface area contributed by atoms with Crippen molar-refractivity contribution in [2.45, 2.75) is 19.9 Å². The zero-order valence-corrected chi connectivity index (χ0v) is 12.1. The number of aryl methyl sites for hydroxylation is 2. The molecule has 0 spiro atoms. The van der Waals surface area contributed by atoms with Gasteiger partial charge in [-0.15, -0.1) is 0 Å². The van der Waals surface area contributed by atoms with Gasteiger partial charge in [0.25, 0.3) is 5.56 Å². The van der Waals surface area contributed by atoms with Crippen LogP contribution in [0.1, 0.15) is 18.3 Å². The smallest absolute Gasteiger partial charge is 0.261 e. The minimum atomic E-state index is -0.0912. The summed E-state index contributed by atoms with van der Waals surface area (Å²) in [5.74, 6) is 0. The van der Waals surface area contributed by atoms with Gasteiger partial charge in [-0.2, -0.15) is 5.10 Å². The largest absolute Gasteiger partial charge is 0.399 e. The highest BCUT2D eigenvalue weighted by Gasteiger charge is 2.08. The lowest BCUT2D eigenvalue weighted by Crippen LogP contribution is -2.22. The molecular formula is C15H17N5O. The summed E-state index contributed by atoms with van der Waals surface area (Å²) in [5.41, 5.74) is 8.86. The highest BCUT2D eigenvalue weighted by atomic mass is 16.1. The average molecular weight is 283 g/mol. The summed E-state index contributed by atoms with van der Waals surface area (Å²) >= 11 is 0. The van der Waals surface area contributed by atoms with E-state index in [1.165, 1.54) is 0 Å². The van der Waals surface area contributed by atoms with Gasteiger partial charge >= 0.3 is 0 Å². The second-order valence-corrected chi connectivity index (χ2v) is 5.06. The molecule has 21 heavy (non-hydrogen) atoms. The fourth-order valence-corrected chi connectivity index (χ4v) is 2.36. The molecule has 0 radical (unpaired) electrons. The number of nitrogen functional groups attached to an aromatic ring is 1. The summed E-state index contributed by atoms with van der Waals surface area (Å²) in [7, 11) is 1.88. The summed E-state index contributed by atoms with van der Waals surface area (Å²) in [6.07, 6.45) is 2.44. The maximum Gasteiger partial charge on any atom is 0.261 e. The molecule has 2 heterocycles. The first-order valence-electron chi connectivity index (χ1n) is 6.85. The van der Waals surface area contributed by atoms with Crippen molar-refractivity contribution in [1.29, 1.82) is 0 Å². The first-order valence-corrected chi connectivity index (χ1v) is 6.85. The van der Waals surface area contributed by atoms with Gasteiger partial charge in [0.05, 0.1) is 35.2 Å². The molecule has 0 saturated carbocycles. The van der Waals surface area contributed by atoms with Gasteiger partial charge in [0.2, 0.25) is 0 Å². The topological polar surface area (TPSA) is 78.7 Å². The molecule has 6 nitrogen and oxygen atoms in total. The van der Waals surface area contributed by atoms with Gasteiger partial charge in [-0.1, -0.05) is 6.92 Å². The summed E-state index contributed by atoms with van der Waals surface area (Å²) in [6, 6.07) is 7.18. The molecule has 0 saturated heterocycles. The van der Waals surface area contributed by atoms with Crippen LogP contribution in [-0.4, -0.2) is 19.3 Å². The number of nitrogens with zero attached hydrogens (tertiary/aromatic N) is 4. The highest BCUT2D eigenvalue weighted by molar-refractivity contribution is 5.80. The summed E-state index contributed by atoms with van der Waals surface area (Å²) in [5, 5.41) is 4.93. The first kappa shape index (κ1) is 13.4. The first-order chi connectivity index (χ1) is 10.1. The van der Waals surface area contributed by atoms with Crippen molar-refractivity contribution < 1.29 is 0 Å². The Kier molecular flexibility index (Phi) is 3.21. The molecule has 2 aromatic heterocycles. The fraction of sp³-hybridized carbons (Fsp3) is 0.267. The number of hydrogen-bond acceptors (Lipinski definition) is 4. The van der Waals surface area contributed by atoms with E-state index in [-0.39, 0.29) is 5.56 Å². The monoisotopic (exact) mass is 283 g/mol. The predicted octanol–water partition coefficient (Wildman–Crippen LogP) is 1.32. The molecule has 1 aromatic carbocycles. The maximum atomic E-state index is 12.5. The Balaban J connectivity index is 2.06.